The number of hydrogen-bond acceptors (Lipinski definition) is 3. The SMILES string of the molecule is Cc1ccc(SCC(=O)OC2CC(C)CCC2C(C)C)cc1. The van der Waals surface area contributed by atoms with Crippen LogP contribution in [0.3, 0.4) is 0 Å². The molecule has 0 spiro atoms. The topological polar surface area (TPSA) is 26.3 Å². The van der Waals surface area contributed by atoms with Gasteiger partial charge in [-0.3, -0.25) is 4.79 Å². The van der Waals surface area contributed by atoms with Crippen LogP contribution >= 0.6 is 11.8 Å². The van der Waals surface area contributed by atoms with Crippen LogP contribution in [0, 0.1) is 24.7 Å². The van der Waals surface area contributed by atoms with Gasteiger partial charge in [-0.1, -0.05) is 44.9 Å². The Labute approximate surface area is 139 Å². The number of rotatable bonds is 5. The maximum atomic E-state index is 12.2. The first-order valence-electron chi connectivity index (χ1n) is 8.34. The summed E-state index contributed by atoms with van der Waals surface area (Å²) in [4.78, 5) is 13.3. The highest BCUT2D eigenvalue weighted by molar-refractivity contribution is 8.00. The van der Waals surface area contributed by atoms with Gasteiger partial charge in [-0.2, -0.15) is 0 Å². The third-order valence-corrected chi connectivity index (χ3v) is 5.61. The van der Waals surface area contributed by atoms with E-state index in [0.29, 0.717) is 23.5 Å². The summed E-state index contributed by atoms with van der Waals surface area (Å²) < 4.78 is 5.82. The van der Waals surface area contributed by atoms with E-state index in [0.717, 1.165) is 11.3 Å². The molecule has 3 heteroatoms. The Hall–Kier alpha value is -0.960. The maximum absolute atomic E-state index is 12.2. The highest BCUT2D eigenvalue weighted by Crippen LogP contribution is 2.35. The Bertz CT molecular complexity index is 481. The molecule has 0 saturated heterocycles. The molecule has 0 aliphatic heterocycles. The normalized spacial score (nSPS) is 25.2. The molecule has 0 bridgehead atoms. The van der Waals surface area contributed by atoms with Crippen LogP contribution in [0.4, 0.5) is 0 Å². The van der Waals surface area contributed by atoms with Gasteiger partial charge in [0.2, 0.25) is 0 Å². The minimum absolute atomic E-state index is 0.0738. The Balaban J connectivity index is 1.85. The molecule has 0 heterocycles. The van der Waals surface area contributed by atoms with E-state index in [1.54, 1.807) is 11.8 Å². The van der Waals surface area contributed by atoms with Crippen molar-refractivity contribution in [3.05, 3.63) is 29.8 Å². The van der Waals surface area contributed by atoms with Crippen molar-refractivity contribution in [2.75, 3.05) is 5.75 Å². The summed E-state index contributed by atoms with van der Waals surface area (Å²) in [6.45, 7) is 8.81. The third kappa shape index (κ3) is 5.05. The van der Waals surface area contributed by atoms with Crippen molar-refractivity contribution in [1.82, 2.24) is 0 Å². The van der Waals surface area contributed by atoms with Gasteiger partial charge in [-0.25, -0.2) is 0 Å². The average Bonchev–Trinajstić information content (AvgIpc) is 2.46. The molecule has 122 valence electrons. The van der Waals surface area contributed by atoms with Crippen molar-refractivity contribution >= 4 is 17.7 Å². The zero-order valence-electron chi connectivity index (χ0n) is 14.2. The molecular weight excluding hydrogens is 292 g/mol. The van der Waals surface area contributed by atoms with E-state index < -0.39 is 0 Å². The first kappa shape index (κ1) is 17.4. The lowest BCUT2D eigenvalue weighted by atomic mass is 9.75. The summed E-state index contributed by atoms with van der Waals surface area (Å²) in [5.41, 5.74) is 1.24. The first-order valence-corrected chi connectivity index (χ1v) is 9.33. The van der Waals surface area contributed by atoms with Crippen LogP contribution in [0.25, 0.3) is 0 Å². The van der Waals surface area contributed by atoms with Gasteiger partial charge in [0.1, 0.15) is 6.10 Å². The van der Waals surface area contributed by atoms with E-state index in [4.69, 9.17) is 4.74 Å². The fourth-order valence-corrected chi connectivity index (χ4v) is 3.91. The van der Waals surface area contributed by atoms with Gasteiger partial charge in [0.05, 0.1) is 5.75 Å². The summed E-state index contributed by atoms with van der Waals surface area (Å²) in [6, 6.07) is 8.27. The molecule has 1 aromatic rings. The van der Waals surface area contributed by atoms with Crippen LogP contribution < -0.4 is 0 Å². The van der Waals surface area contributed by atoms with Crippen LogP contribution in [0.5, 0.6) is 0 Å². The number of ether oxygens (including phenoxy) is 1. The molecular formula is C19H28O2S. The maximum Gasteiger partial charge on any atom is 0.316 e. The zero-order chi connectivity index (χ0) is 16.1. The monoisotopic (exact) mass is 320 g/mol. The number of hydrogen-bond donors (Lipinski definition) is 0. The summed E-state index contributed by atoms with van der Waals surface area (Å²) in [5, 5.41) is 0. The molecule has 0 radical (unpaired) electrons. The summed E-state index contributed by atoms with van der Waals surface area (Å²) in [5.74, 6) is 2.09. The van der Waals surface area contributed by atoms with Gasteiger partial charge in [0, 0.05) is 4.90 Å². The Morgan fingerprint density at radius 3 is 2.59 bits per heavy atom. The number of aryl methyl sites for hydroxylation is 1. The number of carbonyl (C=O) groups is 1. The lowest BCUT2D eigenvalue weighted by Gasteiger charge is -2.36. The van der Waals surface area contributed by atoms with Crippen molar-refractivity contribution in [2.45, 2.75) is 58.0 Å². The highest BCUT2D eigenvalue weighted by Gasteiger charge is 2.33. The molecule has 2 nitrogen and oxygen atoms in total. The zero-order valence-corrected chi connectivity index (χ0v) is 15.0. The van der Waals surface area contributed by atoms with Gasteiger partial charge in [-0.05, 0) is 49.7 Å². The smallest absolute Gasteiger partial charge is 0.316 e. The summed E-state index contributed by atoms with van der Waals surface area (Å²) in [7, 11) is 0. The predicted molar refractivity (Wildman–Crippen MR) is 93.1 cm³/mol. The van der Waals surface area contributed by atoms with Crippen LogP contribution in [-0.4, -0.2) is 17.8 Å². The second kappa shape index (κ2) is 8.05. The Kier molecular flexibility index (Phi) is 6.37. The van der Waals surface area contributed by atoms with Crippen LogP contribution in [-0.2, 0) is 9.53 Å². The first-order chi connectivity index (χ1) is 10.5. The van der Waals surface area contributed by atoms with Gasteiger partial charge >= 0.3 is 5.97 Å². The van der Waals surface area contributed by atoms with E-state index in [2.05, 4.69) is 52.0 Å². The summed E-state index contributed by atoms with van der Waals surface area (Å²) in [6.07, 6.45) is 3.57. The van der Waals surface area contributed by atoms with E-state index in [1.807, 2.05) is 0 Å². The van der Waals surface area contributed by atoms with Gasteiger partial charge in [0.25, 0.3) is 0 Å². The fraction of sp³-hybridized carbons (Fsp3) is 0.632. The van der Waals surface area contributed by atoms with Gasteiger partial charge < -0.3 is 4.74 Å². The fourth-order valence-electron chi connectivity index (χ4n) is 3.23. The lowest BCUT2D eigenvalue weighted by molar-refractivity contribution is -0.152. The van der Waals surface area contributed by atoms with Crippen molar-refractivity contribution in [2.24, 2.45) is 17.8 Å². The highest BCUT2D eigenvalue weighted by atomic mass is 32.2. The van der Waals surface area contributed by atoms with E-state index in [1.165, 1.54) is 18.4 Å². The van der Waals surface area contributed by atoms with Crippen LogP contribution in [0.15, 0.2) is 29.2 Å². The molecule has 22 heavy (non-hydrogen) atoms. The van der Waals surface area contributed by atoms with E-state index in [-0.39, 0.29) is 12.1 Å². The average molecular weight is 320 g/mol. The van der Waals surface area contributed by atoms with Crippen LogP contribution in [0.2, 0.25) is 0 Å². The molecule has 0 amide bonds. The minimum atomic E-state index is -0.0738. The number of thioether (sulfide) groups is 1. The van der Waals surface area contributed by atoms with Crippen molar-refractivity contribution < 1.29 is 9.53 Å². The van der Waals surface area contributed by atoms with Crippen molar-refractivity contribution in [3.63, 3.8) is 0 Å². The molecule has 1 saturated carbocycles. The van der Waals surface area contributed by atoms with Gasteiger partial charge in [0.15, 0.2) is 0 Å². The molecule has 1 aliphatic rings. The molecule has 3 atom stereocenters. The van der Waals surface area contributed by atoms with Crippen molar-refractivity contribution in [1.29, 1.82) is 0 Å². The number of esters is 1. The Morgan fingerprint density at radius 2 is 1.95 bits per heavy atom. The molecule has 1 aromatic carbocycles. The van der Waals surface area contributed by atoms with E-state index in [9.17, 15) is 4.79 Å². The second-order valence-electron chi connectivity index (χ2n) is 6.96. The second-order valence-corrected chi connectivity index (χ2v) is 8.00. The standard InChI is InChI=1S/C19H28O2S/c1-13(2)17-10-7-15(4)11-18(17)21-19(20)12-22-16-8-5-14(3)6-9-16/h5-6,8-9,13,15,17-18H,7,10-12H2,1-4H3. The molecule has 2 rings (SSSR count). The molecule has 0 aromatic heterocycles. The predicted octanol–water partition coefficient (Wildman–Crippen LogP) is 5.09. The molecule has 0 N–H and O–H groups in total. The lowest BCUT2D eigenvalue weighted by Crippen LogP contribution is -2.36. The van der Waals surface area contributed by atoms with Gasteiger partial charge in [-0.15, -0.1) is 11.8 Å². The summed E-state index contributed by atoms with van der Waals surface area (Å²) >= 11 is 1.56. The minimum Gasteiger partial charge on any atom is -0.461 e. The largest absolute Gasteiger partial charge is 0.461 e. The van der Waals surface area contributed by atoms with Crippen molar-refractivity contribution in [3.8, 4) is 0 Å². The molecule has 3 unspecified atom stereocenters. The molecule has 1 fully saturated rings. The van der Waals surface area contributed by atoms with Crippen LogP contribution in [0.1, 0.15) is 45.6 Å². The third-order valence-electron chi connectivity index (χ3n) is 4.62. The Morgan fingerprint density at radius 1 is 1.27 bits per heavy atom. The quantitative estimate of drug-likeness (QED) is 0.558. The number of carbonyl (C=O) groups excluding carboxylic acids is 1. The molecule has 1 aliphatic carbocycles. The van der Waals surface area contributed by atoms with E-state index >= 15 is 0 Å². The number of benzene rings is 1.